The third-order valence-corrected chi connectivity index (χ3v) is 3.80. The van der Waals surface area contributed by atoms with Crippen LogP contribution in [0.2, 0.25) is 0 Å². The van der Waals surface area contributed by atoms with Gasteiger partial charge in [0.2, 0.25) is 0 Å². The Kier molecular flexibility index (Phi) is 3.59. The van der Waals surface area contributed by atoms with E-state index in [1.54, 1.807) is 11.8 Å². The number of esters is 1. The molecule has 1 fully saturated rings. The molecule has 1 aliphatic rings. The van der Waals surface area contributed by atoms with E-state index in [4.69, 9.17) is 5.21 Å². The molecular weight excluding hydrogens is 190 g/mol. The van der Waals surface area contributed by atoms with Crippen LogP contribution in [0.1, 0.15) is 6.92 Å². The molecule has 13 heavy (non-hydrogen) atoms. The van der Waals surface area contributed by atoms with Crippen molar-refractivity contribution in [2.75, 3.05) is 12.9 Å². The molecule has 0 aromatic rings. The molecule has 0 saturated carbocycles. The minimum Gasteiger partial charge on any atom is -0.468 e. The van der Waals surface area contributed by atoms with Gasteiger partial charge < -0.3 is 9.94 Å². The second-order valence-electron chi connectivity index (χ2n) is 3.10. The summed E-state index contributed by atoms with van der Waals surface area (Å²) in [6.07, 6.45) is 1.42. The summed E-state index contributed by atoms with van der Waals surface area (Å²) in [5.74, 6) is 1.00. The summed E-state index contributed by atoms with van der Waals surface area (Å²) in [5, 5.41) is 11.2. The van der Waals surface area contributed by atoms with Crippen molar-refractivity contribution in [3.05, 3.63) is 0 Å². The Morgan fingerprint density at radius 3 is 3.00 bits per heavy atom. The maximum atomic E-state index is 11.3. The third-order valence-electron chi connectivity index (χ3n) is 2.22. The van der Waals surface area contributed by atoms with Gasteiger partial charge in [-0.15, -0.1) is 16.9 Å². The molecule has 0 aromatic carbocycles. The molecule has 0 spiro atoms. The number of hydrogen-bond donors (Lipinski definition) is 1. The number of carbonyl (C=O) groups excluding carboxylic acids is 1. The Morgan fingerprint density at radius 1 is 1.77 bits per heavy atom. The average molecular weight is 203 g/mol. The van der Waals surface area contributed by atoms with E-state index in [0.29, 0.717) is 5.92 Å². The summed E-state index contributed by atoms with van der Waals surface area (Å²) < 4.78 is 4.66. The maximum Gasteiger partial charge on any atom is 0.319 e. The molecule has 0 aromatic heterocycles. The minimum absolute atomic E-state index is 0.0116. The number of ether oxygens (including phenoxy) is 1. The smallest absolute Gasteiger partial charge is 0.319 e. The highest BCUT2D eigenvalue weighted by atomic mass is 32.2. The van der Waals surface area contributed by atoms with Gasteiger partial charge in [-0.2, -0.15) is 0 Å². The van der Waals surface area contributed by atoms with Crippen LogP contribution in [0.5, 0.6) is 0 Å². The van der Waals surface area contributed by atoms with E-state index in [1.165, 1.54) is 13.3 Å². The van der Waals surface area contributed by atoms with Gasteiger partial charge in [-0.05, 0) is 11.7 Å². The molecule has 1 rings (SSSR count). The zero-order chi connectivity index (χ0) is 9.84. The van der Waals surface area contributed by atoms with Crippen LogP contribution in [0.3, 0.4) is 0 Å². The number of nitrogens with zero attached hydrogens (tertiary/aromatic N) is 1. The Bertz CT molecular complexity index is 219. The van der Waals surface area contributed by atoms with Crippen molar-refractivity contribution >= 4 is 23.9 Å². The molecular formula is C8H13NO3S. The fourth-order valence-corrected chi connectivity index (χ4v) is 2.95. The lowest BCUT2D eigenvalue weighted by atomic mass is 9.94. The first-order valence-electron chi connectivity index (χ1n) is 4.07. The summed E-state index contributed by atoms with van der Waals surface area (Å²) >= 11 is 1.55. The summed E-state index contributed by atoms with van der Waals surface area (Å²) in [4.78, 5) is 11.3. The highest BCUT2D eigenvalue weighted by molar-refractivity contribution is 8.00. The lowest BCUT2D eigenvalue weighted by Crippen LogP contribution is -2.27. The van der Waals surface area contributed by atoms with E-state index in [-0.39, 0.29) is 17.1 Å². The molecule has 74 valence electrons. The average Bonchev–Trinajstić information content (AvgIpc) is 2.48. The van der Waals surface area contributed by atoms with E-state index in [0.717, 1.165) is 5.75 Å². The number of rotatable bonds is 2. The largest absolute Gasteiger partial charge is 0.468 e. The van der Waals surface area contributed by atoms with Gasteiger partial charge in [-0.25, -0.2) is 0 Å². The van der Waals surface area contributed by atoms with Gasteiger partial charge in [-0.3, -0.25) is 4.79 Å². The molecule has 0 aliphatic carbocycles. The van der Waals surface area contributed by atoms with E-state index in [9.17, 15) is 4.79 Å². The van der Waals surface area contributed by atoms with Gasteiger partial charge in [0.25, 0.3) is 0 Å². The molecule has 3 atom stereocenters. The molecule has 0 bridgehead atoms. The molecule has 3 unspecified atom stereocenters. The third kappa shape index (κ3) is 2.15. The first kappa shape index (κ1) is 10.4. The van der Waals surface area contributed by atoms with E-state index in [2.05, 4.69) is 9.89 Å². The van der Waals surface area contributed by atoms with Crippen LogP contribution < -0.4 is 0 Å². The second kappa shape index (κ2) is 4.50. The van der Waals surface area contributed by atoms with Crippen molar-refractivity contribution in [2.45, 2.75) is 12.2 Å². The highest BCUT2D eigenvalue weighted by Gasteiger charge is 2.38. The lowest BCUT2D eigenvalue weighted by molar-refractivity contribution is -0.140. The molecule has 0 amide bonds. The lowest BCUT2D eigenvalue weighted by Gasteiger charge is -2.14. The van der Waals surface area contributed by atoms with Crippen molar-refractivity contribution < 1.29 is 14.7 Å². The quantitative estimate of drug-likeness (QED) is 0.314. The van der Waals surface area contributed by atoms with Gasteiger partial charge >= 0.3 is 5.97 Å². The van der Waals surface area contributed by atoms with Crippen molar-refractivity contribution in [1.82, 2.24) is 0 Å². The molecule has 1 aliphatic heterocycles. The Morgan fingerprint density at radius 2 is 2.46 bits per heavy atom. The van der Waals surface area contributed by atoms with Crippen LogP contribution in [-0.4, -0.2) is 35.5 Å². The predicted octanol–water partition coefficient (Wildman–Crippen LogP) is 0.987. The van der Waals surface area contributed by atoms with Crippen LogP contribution in [0.25, 0.3) is 0 Å². The van der Waals surface area contributed by atoms with Crippen molar-refractivity contribution in [2.24, 2.45) is 17.0 Å². The van der Waals surface area contributed by atoms with E-state index >= 15 is 0 Å². The van der Waals surface area contributed by atoms with Gasteiger partial charge in [0, 0.05) is 12.1 Å². The van der Waals surface area contributed by atoms with Crippen LogP contribution in [0.15, 0.2) is 5.16 Å². The van der Waals surface area contributed by atoms with Gasteiger partial charge in [0.1, 0.15) is 5.25 Å². The zero-order valence-corrected chi connectivity index (χ0v) is 8.45. The van der Waals surface area contributed by atoms with E-state index in [1.807, 2.05) is 6.92 Å². The SMILES string of the molecule is COC(=O)C1SCC(C)C1/C=N\O. The summed E-state index contributed by atoms with van der Waals surface area (Å²) in [6.45, 7) is 2.03. The maximum absolute atomic E-state index is 11.3. The topological polar surface area (TPSA) is 58.9 Å². The molecule has 5 heteroatoms. The van der Waals surface area contributed by atoms with Gasteiger partial charge in [0.15, 0.2) is 0 Å². The Balaban J connectivity index is 2.69. The number of oxime groups is 1. The van der Waals surface area contributed by atoms with Crippen LogP contribution in [-0.2, 0) is 9.53 Å². The monoisotopic (exact) mass is 203 g/mol. The minimum atomic E-state index is -0.237. The Hall–Kier alpha value is -0.710. The fourth-order valence-electron chi connectivity index (χ4n) is 1.42. The second-order valence-corrected chi connectivity index (χ2v) is 4.27. The molecule has 1 heterocycles. The summed E-state index contributed by atoms with van der Waals surface area (Å²) in [7, 11) is 1.37. The van der Waals surface area contributed by atoms with Crippen LogP contribution in [0, 0.1) is 11.8 Å². The van der Waals surface area contributed by atoms with Crippen LogP contribution >= 0.6 is 11.8 Å². The number of methoxy groups -OCH3 is 1. The Labute approximate surface area is 81.3 Å². The number of hydrogen-bond acceptors (Lipinski definition) is 5. The predicted molar refractivity (Wildman–Crippen MR) is 51.2 cm³/mol. The fraction of sp³-hybridized carbons (Fsp3) is 0.750. The summed E-state index contributed by atoms with van der Waals surface area (Å²) in [5.41, 5.74) is 0. The van der Waals surface area contributed by atoms with E-state index < -0.39 is 0 Å². The molecule has 1 saturated heterocycles. The van der Waals surface area contributed by atoms with Gasteiger partial charge in [-0.1, -0.05) is 6.92 Å². The molecule has 1 N–H and O–H groups in total. The first-order chi connectivity index (χ1) is 6.20. The highest BCUT2D eigenvalue weighted by Crippen LogP contribution is 2.36. The first-order valence-corrected chi connectivity index (χ1v) is 5.12. The van der Waals surface area contributed by atoms with Gasteiger partial charge in [0.05, 0.1) is 7.11 Å². The molecule has 4 nitrogen and oxygen atoms in total. The normalized spacial score (nSPS) is 33.8. The van der Waals surface area contributed by atoms with Crippen molar-refractivity contribution in [3.8, 4) is 0 Å². The number of thioether (sulfide) groups is 1. The zero-order valence-electron chi connectivity index (χ0n) is 7.64. The van der Waals surface area contributed by atoms with Crippen molar-refractivity contribution in [1.29, 1.82) is 0 Å². The summed E-state index contributed by atoms with van der Waals surface area (Å²) in [6, 6.07) is 0. The van der Waals surface area contributed by atoms with Crippen molar-refractivity contribution in [3.63, 3.8) is 0 Å². The number of carbonyl (C=O) groups is 1. The standard InChI is InChI=1S/C8H13NO3S/c1-5-4-13-7(8(10)12-2)6(5)3-9-11/h3,5-7,11H,4H2,1-2H3/b9-3-. The molecule has 0 radical (unpaired) electrons. The van der Waals surface area contributed by atoms with Crippen LogP contribution in [0.4, 0.5) is 0 Å².